The van der Waals surface area contributed by atoms with Crippen LogP contribution < -0.4 is 15.4 Å². The molecule has 0 fully saturated rings. The number of rotatable bonds is 7. The van der Waals surface area contributed by atoms with Crippen molar-refractivity contribution in [3.8, 4) is 5.75 Å². The van der Waals surface area contributed by atoms with Crippen LogP contribution >= 0.6 is 11.3 Å². The van der Waals surface area contributed by atoms with Crippen LogP contribution in [-0.4, -0.2) is 12.5 Å². The molecular formula is C22H24N2O3S. The topological polar surface area (TPSA) is 63.5 Å². The average Bonchev–Trinajstić information content (AvgIpc) is 3.37. The first kappa shape index (κ1) is 18.6. The van der Waals surface area contributed by atoms with Gasteiger partial charge in [-0.25, -0.2) is 0 Å². The number of benzene rings is 1. The number of anilines is 2. The van der Waals surface area contributed by atoms with E-state index >= 15 is 0 Å². The summed E-state index contributed by atoms with van der Waals surface area (Å²) >= 11 is 1.69. The predicted octanol–water partition coefficient (Wildman–Crippen LogP) is 5.40. The van der Waals surface area contributed by atoms with Crippen molar-refractivity contribution in [2.45, 2.75) is 39.7 Å². The quantitative estimate of drug-likeness (QED) is 0.561. The second-order valence-electron chi connectivity index (χ2n) is 6.84. The van der Waals surface area contributed by atoms with Gasteiger partial charge in [0.25, 0.3) is 5.91 Å². The first-order valence-corrected chi connectivity index (χ1v) is 10.4. The van der Waals surface area contributed by atoms with Crippen molar-refractivity contribution in [1.82, 2.24) is 0 Å². The van der Waals surface area contributed by atoms with Gasteiger partial charge in [-0.3, -0.25) is 4.79 Å². The van der Waals surface area contributed by atoms with E-state index in [1.165, 1.54) is 10.4 Å². The van der Waals surface area contributed by atoms with Crippen LogP contribution in [0.2, 0.25) is 0 Å². The first-order valence-electron chi connectivity index (χ1n) is 9.62. The molecule has 0 radical (unpaired) electrons. The summed E-state index contributed by atoms with van der Waals surface area (Å²) in [6.45, 7) is 5.07. The molecule has 0 atom stereocenters. The van der Waals surface area contributed by atoms with Crippen LogP contribution in [0.4, 0.5) is 10.7 Å². The lowest BCUT2D eigenvalue weighted by Gasteiger charge is -2.10. The maximum Gasteiger partial charge on any atom is 0.258 e. The molecule has 0 spiro atoms. The van der Waals surface area contributed by atoms with Crippen molar-refractivity contribution in [1.29, 1.82) is 0 Å². The Morgan fingerprint density at radius 1 is 1.18 bits per heavy atom. The number of carbonyl (C=O) groups excluding carboxylic acids is 1. The minimum absolute atomic E-state index is 0.0679. The Morgan fingerprint density at radius 3 is 2.71 bits per heavy atom. The Morgan fingerprint density at radius 2 is 2.00 bits per heavy atom. The van der Waals surface area contributed by atoms with Crippen LogP contribution in [0.1, 0.15) is 45.7 Å². The fourth-order valence-electron chi connectivity index (χ4n) is 3.51. The smallest absolute Gasteiger partial charge is 0.258 e. The molecule has 6 heteroatoms. The van der Waals surface area contributed by atoms with Gasteiger partial charge in [-0.2, -0.15) is 0 Å². The third-order valence-corrected chi connectivity index (χ3v) is 6.04. The van der Waals surface area contributed by atoms with Gasteiger partial charge in [0.1, 0.15) is 22.3 Å². The highest BCUT2D eigenvalue weighted by molar-refractivity contribution is 7.16. The summed E-state index contributed by atoms with van der Waals surface area (Å²) in [5.41, 5.74) is 2.72. The number of carbonyl (C=O) groups is 1. The summed E-state index contributed by atoms with van der Waals surface area (Å²) in [6.07, 6.45) is 3.12. The molecule has 3 aromatic rings. The third kappa shape index (κ3) is 3.92. The van der Waals surface area contributed by atoms with Crippen LogP contribution in [0.3, 0.4) is 0 Å². The molecule has 1 aliphatic rings. The number of hydrogen-bond donors (Lipinski definition) is 2. The number of furan rings is 1. The van der Waals surface area contributed by atoms with Gasteiger partial charge in [-0.15, -0.1) is 11.3 Å². The molecule has 5 nitrogen and oxygen atoms in total. The Kier molecular flexibility index (Phi) is 5.39. The second kappa shape index (κ2) is 8.10. The molecule has 1 aromatic carbocycles. The van der Waals surface area contributed by atoms with Crippen LogP contribution in [0.25, 0.3) is 0 Å². The fourth-order valence-corrected chi connectivity index (χ4v) is 4.79. The van der Waals surface area contributed by atoms with E-state index in [-0.39, 0.29) is 5.91 Å². The summed E-state index contributed by atoms with van der Waals surface area (Å²) in [5.74, 6) is 2.48. The van der Waals surface area contributed by atoms with Gasteiger partial charge in [0.2, 0.25) is 0 Å². The molecule has 0 aliphatic heterocycles. The number of ether oxygens (including phenoxy) is 1. The molecular weight excluding hydrogens is 372 g/mol. The number of fused-ring (bicyclic) bond motifs is 1. The minimum Gasteiger partial charge on any atom is -0.494 e. The minimum atomic E-state index is -0.0679. The summed E-state index contributed by atoms with van der Waals surface area (Å²) in [7, 11) is 0. The molecule has 0 unspecified atom stereocenters. The third-order valence-electron chi connectivity index (χ3n) is 4.79. The lowest BCUT2D eigenvalue weighted by Crippen LogP contribution is -2.15. The molecule has 0 saturated carbocycles. The predicted molar refractivity (Wildman–Crippen MR) is 113 cm³/mol. The maximum absolute atomic E-state index is 13.1. The van der Waals surface area contributed by atoms with Crippen LogP contribution in [0.5, 0.6) is 5.75 Å². The zero-order chi connectivity index (χ0) is 19.5. The number of aryl methyl sites for hydroxylation is 2. The standard InChI is InChI=1S/C22H24N2O3S/c1-3-26-16-11-8-15(9-12-16)24-21(25)20-18-5-4-6-19(18)28-22(20)23-13-17-10-7-14(2)27-17/h7-12,23H,3-6,13H2,1-2H3,(H,24,25). The van der Waals surface area contributed by atoms with E-state index in [2.05, 4.69) is 10.6 Å². The van der Waals surface area contributed by atoms with Crippen molar-refractivity contribution in [3.63, 3.8) is 0 Å². The zero-order valence-electron chi connectivity index (χ0n) is 16.1. The molecule has 146 valence electrons. The van der Waals surface area contributed by atoms with E-state index in [4.69, 9.17) is 9.15 Å². The normalized spacial score (nSPS) is 12.6. The first-order chi connectivity index (χ1) is 13.6. The average molecular weight is 397 g/mol. The summed E-state index contributed by atoms with van der Waals surface area (Å²) < 4.78 is 11.1. The number of thiophene rings is 1. The van der Waals surface area contributed by atoms with E-state index in [1.54, 1.807) is 11.3 Å². The van der Waals surface area contributed by atoms with Crippen molar-refractivity contribution < 1.29 is 13.9 Å². The van der Waals surface area contributed by atoms with Crippen LogP contribution in [-0.2, 0) is 19.4 Å². The second-order valence-corrected chi connectivity index (χ2v) is 7.94. The van der Waals surface area contributed by atoms with E-state index in [0.29, 0.717) is 13.2 Å². The van der Waals surface area contributed by atoms with Gasteiger partial charge in [0, 0.05) is 10.6 Å². The number of hydrogen-bond acceptors (Lipinski definition) is 5. The maximum atomic E-state index is 13.1. The highest BCUT2D eigenvalue weighted by Gasteiger charge is 2.26. The van der Waals surface area contributed by atoms with Gasteiger partial charge in [0.05, 0.1) is 18.7 Å². The Labute approximate surface area is 168 Å². The Bertz CT molecular complexity index is 972. The van der Waals surface area contributed by atoms with E-state index in [0.717, 1.165) is 52.8 Å². The van der Waals surface area contributed by atoms with E-state index in [9.17, 15) is 4.79 Å². The molecule has 2 aromatic heterocycles. The molecule has 4 rings (SSSR count). The van der Waals surface area contributed by atoms with Gasteiger partial charge < -0.3 is 19.8 Å². The van der Waals surface area contributed by atoms with Gasteiger partial charge >= 0.3 is 0 Å². The fraction of sp³-hybridized carbons (Fsp3) is 0.318. The van der Waals surface area contributed by atoms with Crippen LogP contribution in [0, 0.1) is 6.92 Å². The molecule has 28 heavy (non-hydrogen) atoms. The molecule has 2 N–H and O–H groups in total. The lowest BCUT2D eigenvalue weighted by molar-refractivity contribution is 0.102. The van der Waals surface area contributed by atoms with Crippen LogP contribution in [0.15, 0.2) is 40.8 Å². The Balaban J connectivity index is 1.52. The highest BCUT2D eigenvalue weighted by atomic mass is 32.1. The van der Waals surface area contributed by atoms with Crippen molar-refractivity contribution in [3.05, 3.63) is 63.9 Å². The monoisotopic (exact) mass is 396 g/mol. The van der Waals surface area contributed by atoms with Gasteiger partial charge in [-0.05, 0) is 75.1 Å². The molecule has 1 amide bonds. The van der Waals surface area contributed by atoms with E-state index < -0.39 is 0 Å². The van der Waals surface area contributed by atoms with E-state index in [1.807, 2.05) is 50.2 Å². The zero-order valence-corrected chi connectivity index (χ0v) is 16.9. The molecule has 0 saturated heterocycles. The number of amides is 1. The molecule has 0 bridgehead atoms. The summed E-state index contributed by atoms with van der Waals surface area (Å²) in [5, 5.41) is 7.36. The summed E-state index contributed by atoms with van der Waals surface area (Å²) in [6, 6.07) is 11.4. The summed E-state index contributed by atoms with van der Waals surface area (Å²) in [4.78, 5) is 14.4. The van der Waals surface area contributed by atoms with Gasteiger partial charge in [-0.1, -0.05) is 0 Å². The van der Waals surface area contributed by atoms with Crippen molar-refractivity contribution >= 4 is 27.9 Å². The molecule has 1 aliphatic carbocycles. The van der Waals surface area contributed by atoms with Crippen molar-refractivity contribution in [2.75, 3.05) is 17.2 Å². The SMILES string of the molecule is CCOc1ccc(NC(=O)c2c(NCc3ccc(C)o3)sc3c2CCC3)cc1. The van der Waals surface area contributed by atoms with Crippen molar-refractivity contribution in [2.24, 2.45) is 0 Å². The number of nitrogens with one attached hydrogen (secondary N) is 2. The lowest BCUT2D eigenvalue weighted by atomic mass is 10.1. The Hall–Kier alpha value is -2.73. The largest absolute Gasteiger partial charge is 0.494 e. The van der Waals surface area contributed by atoms with Gasteiger partial charge in [0.15, 0.2) is 0 Å². The molecule has 2 heterocycles. The highest BCUT2D eigenvalue weighted by Crippen LogP contribution is 2.39.